The molecule has 0 saturated carbocycles. The van der Waals surface area contributed by atoms with Crippen LogP contribution in [-0.4, -0.2) is 11.2 Å². The molecule has 0 aromatic heterocycles. The van der Waals surface area contributed by atoms with Crippen molar-refractivity contribution < 1.29 is 4.92 Å². The summed E-state index contributed by atoms with van der Waals surface area (Å²) < 4.78 is 0. The van der Waals surface area contributed by atoms with Gasteiger partial charge in [-0.05, 0) is 13.2 Å². The third kappa shape index (κ3) is 3.67. The first kappa shape index (κ1) is 7.49. The maximum Gasteiger partial charge on any atom is 0.243 e. The summed E-state index contributed by atoms with van der Waals surface area (Å²) in [5.41, 5.74) is 0. The van der Waals surface area contributed by atoms with Crippen molar-refractivity contribution in [2.45, 2.75) is 6.92 Å². The van der Waals surface area contributed by atoms with Crippen LogP contribution in [0.3, 0.4) is 0 Å². The van der Waals surface area contributed by atoms with Gasteiger partial charge in [0.15, 0.2) is 0 Å². The second kappa shape index (κ2) is 3.49. The Morgan fingerprint density at radius 1 is 1.88 bits per heavy atom. The third-order valence-electron chi connectivity index (χ3n) is 0.609. The highest BCUT2D eigenvalue weighted by Crippen LogP contribution is 2.07. The molecule has 0 rings (SSSR count). The van der Waals surface area contributed by atoms with Gasteiger partial charge in [0.1, 0.15) is 0 Å². The van der Waals surface area contributed by atoms with E-state index in [9.17, 15) is 10.1 Å². The first-order valence-electron chi connectivity index (χ1n) is 2.02. The van der Waals surface area contributed by atoms with Crippen LogP contribution in [0, 0.1) is 10.1 Å². The van der Waals surface area contributed by atoms with E-state index in [1.54, 1.807) is 13.2 Å². The van der Waals surface area contributed by atoms with Crippen molar-refractivity contribution in [1.82, 2.24) is 0 Å². The van der Waals surface area contributed by atoms with Gasteiger partial charge in [-0.15, -0.1) is 11.8 Å². The molecule has 3 nitrogen and oxygen atoms in total. The molecule has 0 atom stereocenters. The van der Waals surface area contributed by atoms with Crippen molar-refractivity contribution in [3.63, 3.8) is 0 Å². The summed E-state index contributed by atoms with van der Waals surface area (Å²) in [4.78, 5) is 9.95. The maximum absolute atomic E-state index is 9.68. The van der Waals surface area contributed by atoms with Crippen LogP contribution in [0.15, 0.2) is 11.1 Å². The van der Waals surface area contributed by atoms with E-state index in [1.165, 1.54) is 11.8 Å². The van der Waals surface area contributed by atoms with E-state index < -0.39 is 4.92 Å². The predicted octanol–water partition coefficient (Wildman–Crippen LogP) is 1.49. The topological polar surface area (TPSA) is 43.1 Å². The smallest absolute Gasteiger partial charge is 0.243 e. The molecule has 0 aliphatic heterocycles. The molecule has 46 valence electrons. The first-order valence-corrected chi connectivity index (χ1v) is 3.25. The fourth-order valence-electron chi connectivity index (χ4n) is 0.201. The van der Waals surface area contributed by atoms with Crippen molar-refractivity contribution in [3.05, 3.63) is 21.2 Å². The molecule has 0 radical (unpaired) electrons. The summed E-state index contributed by atoms with van der Waals surface area (Å²) in [5.74, 6) is 0. The summed E-state index contributed by atoms with van der Waals surface area (Å²) in [6.07, 6.45) is 2.79. The van der Waals surface area contributed by atoms with E-state index in [1.807, 2.05) is 0 Å². The van der Waals surface area contributed by atoms with Crippen molar-refractivity contribution in [1.29, 1.82) is 0 Å². The molecule has 0 heterocycles. The fraction of sp³-hybridized carbons (Fsp3) is 0.500. The zero-order valence-electron chi connectivity index (χ0n) is 4.75. The molecule has 0 fully saturated rings. The lowest BCUT2D eigenvalue weighted by Gasteiger charge is -1.84. The Kier molecular flexibility index (Phi) is 3.26. The average molecular weight is 133 g/mol. The van der Waals surface area contributed by atoms with E-state index in [0.29, 0.717) is 0 Å². The molecule has 0 aromatic rings. The van der Waals surface area contributed by atoms with Gasteiger partial charge in [-0.2, -0.15) is 0 Å². The summed E-state index contributed by atoms with van der Waals surface area (Å²) in [7, 11) is 0. The lowest BCUT2D eigenvalue weighted by atomic mass is 10.7. The highest BCUT2D eigenvalue weighted by Gasteiger charge is 1.89. The van der Waals surface area contributed by atoms with Crippen LogP contribution < -0.4 is 0 Å². The van der Waals surface area contributed by atoms with E-state index >= 15 is 0 Å². The Hall–Kier alpha value is -0.510. The summed E-state index contributed by atoms with van der Waals surface area (Å²) in [5, 5.41) is 9.68. The molecular weight excluding hydrogens is 126 g/mol. The SMILES string of the molecule is CSC(C)=C[N+](=O)[O-]. The zero-order valence-corrected chi connectivity index (χ0v) is 5.57. The van der Waals surface area contributed by atoms with Crippen LogP contribution in [0.1, 0.15) is 6.92 Å². The second-order valence-corrected chi connectivity index (χ2v) is 2.28. The van der Waals surface area contributed by atoms with Crippen LogP contribution in [0.4, 0.5) is 0 Å². The monoisotopic (exact) mass is 133 g/mol. The van der Waals surface area contributed by atoms with Gasteiger partial charge in [0.05, 0.1) is 9.83 Å². The Balaban J connectivity index is 3.75. The summed E-state index contributed by atoms with van der Waals surface area (Å²) in [6.45, 7) is 1.70. The van der Waals surface area contributed by atoms with Crippen molar-refractivity contribution in [3.8, 4) is 0 Å². The van der Waals surface area contributed by atoms with Crippen LogP contribution in [0.5, 0.6) is 0 Å². The lowest BCUT2D eigenvalue weighted by molar-refractivity contribution is -0.402. The van der Waals surface area contributed by atoms with Gasteiger partial charge in [0.25, 0.3) is 0 Å². The number of thioether (sulfide) groups is 1. The molecule has 0 amide bonds. The van der Waals surface area contributed by atoms with Crippen LogP contribution in [-0.2, 0) is 0 Å². The molecule has 0 aromatic carbocycles. The minimum absolute atomic E-state index is 0.453. The molecule has 0 spiro atoms. The minimum Gasteiger partial charge on any atom is -0.259 e. The molecule has 0 bridgehead atoms. The van der Waals surface area contributed by atoms with Gasteiger partial charge in [-0.25, -0.2) is 0 Å². The van der Waals surface area contributed by atoms with Gasteiger partial charge in [0, 0.05) is 0 Å². The number of rotatable bonds is 2. The quantitative estimate of drug-likeness (QED) is 0.423. The molecule has 0 N–H and O–H groups in total. The largest absolute Gasteiger partial charge is 0.259 e. The van der Waals surface area contributed by atoms with Gasteiger partial charge < -0.3 is 0 Å². The van der Waals surface area contributed by atoms with Crippen LogP contribution >= 0.6 is 11.8 Å². The van der Waals surface area contributed by atoms with Gasteiger partial charge in [0.2, 0.25) is 6.20 Å². The Morgan fingerprint density at radius 2 is 2.38 bits per heavy atom. The van der Waals surface area contributed by atoms with Crippen molar-refractivity contribution in [2.75, 3.05) is 6.26 Å². The first-order chi connectivity index (χ1) is 3.66. The van der Waals surface area contributed by atoms with Crippen LogP contribution in [0.25, 0.3) is 0 Å². The molecular formula is C4H7NO2S. The average Bonchev–Trinajstić information content (AvgIpc) is 1.65. The molecule has 0 aliphatic rings. The third-order valence-corrected chi connectivity index (χ3v) is 1.36. The number of hydrogen-bond donors (Lipinski definition) is 0. The molecule has 8 heavy (non-hydrogen) atoms. The normalized spacial score (nSPS) is 11.5. The Morgan fingerprint density at radius 3 is 2.50 bits per heavy atom. The lowest BCUT2D eigenvalue weighted by Crippen LogP contribution is -1.83. The van der Waals surface area contributed by atoms with E-state index in [0.717, 1.165) is 11.1 Å². The highest BCUT2D eigenvalue weighted by atomic mass is 32.2. The number of allylic oxidation sites excluding steroid dienone is 1. The van der Waals surface area contributed by atoms with E-state index in [2.05, 4.69) is 0 Å². The molecule has 0 aliphatic carbocycles. The standard InChI is InChI=1S/C4H7NO2S/c1-4(8-2)3-5(6)7/h3H,1-2H3. The van der Waals surface area contributed by atoms with Crippen molar-refractivity contribution in [2.24, 2.45) is 0 Å². The summed E-state index contributed by atoms with van der Waals surface area (Å²) >= 11 is 1.37. The van der Waals surface area contributed by atoms with E-state index in [4.69, 9.17) is 0 Å². The van der Waals surface area contributed by atoms with Gasteiger partial charge in [-0.3, -0.25) is 10.1 Å². The molecule has 4 heteroatoms. The van der Waals surface area contributed by atoms with Crippen LogP contribution in [0.2, 0.25) is 0 Å². The van der Waals surface area contributed by atoms with Gasteiger partial charge in [-0.1, -0.05) is 0 Å². The number of nitro groups is 1. The fourth-order valence-corrected chi connectivity index (χ4v) is 0.393. The summed E-state index contributed by atoms with van der Waals surface area (Å²) in [6, 6.07) is 0. The Labute approximate surface area is 51.9 Å². The Bertz CT molecular complexity index is 121. The van der Waals surface area contributed by atoms with E-state index in [-0.39, 0.29) is 0 Å². The van der Waals surface area contributed by atoms with Gasteiger partial charge >= 0.3 is 0 Å². The minimum atomic E-state index is -0.453. The molecule has 0 saturated heterocycles. The molecule has 0 unspecified atom stereocenters. The second-order valence-electron chi connectivity index (χ2n) is 1.23. The zero-order chi connectivity index (χ0) is 6.57. The van der Waals surface area contributed by atoms with Crippen molar-refractivity contribution >= 4 is 11.8 Å². The number of hydrogen-bond acceptors (Lipinski definition) is 3. The number of nitrogens with zero attached hydrogens (tertiary/aromatic N) is 1. The maximum atomic E-state index is 9.68. The highest BCUT2D eigenvalue weighted by molar-refractivity contribution is 8.02. The predicted molar refractivity (Wildman–Crippen MR) is 34.3 cm³/mol.